The van der Waals surface area contributed by atoms with E-state index in [0.29, 0.717) is 12.0 Å². The van der Waals surface area contributed by atoms with Gasteiger partial charge in [-0.2, -0.15) is 5.10 Å². The number of fused-ring (bicyclic) bond motifs is 1. The Hall–Kier alpha value is -2.15. The normalized spacial score (nSPS) is 18.5. The average Bonchev–Trinajstić information content (AvgIpc) is 3.35. The molecule has 7 heteroatoms. The zero-order chi connectivity index (χ0) is 18.5. The highest BCUT2D eigenvalue weighted by Gasteiger charge is 2.34. The third-order valence-electron chi connectivity index (χ3n) is 5.90. The largest absolute Gasteiger partial charge is 0.348 e. The van der Waals surface area contributed by atoms with Crippen molar-refractivity contribution in [3.05, 3.63) is 40.1 Å². The van der Waals surface area contributed by atoms with Crippen LogP contribution < -0.4 is 10.6 Å². The first-order valence-electron chi connectivity index (χ1n) is 9.94. The number of benzene rings is 1. The number of rotatable bonds is 4. The molecule has 0 radical (unpaired) electrons. The van der Waals surface area contributed by atoms with Crippen LogP contribution in [0.15, 0.2) is 23.0 Å². The van der Waals surface area contributed by atoms with Gasteiger partial charge < -0.3 is 4.90 Å². The third-order valence-corrected chi connectivity index (χ3v) is 6.98. The van der Waals surface area contributed by atoms with Gasteiger partial charge in [0.2, 0.25) is 0 Å². The number of piperidine rings is 1. The molecule has 0 amide bonds. The Morgan fingerprint density at radius 1 is 1.19 bits per heavy atom. The summed E-state index contributed by atoms with van der Waals surface area (Å²) in [6.45, 7) is 4.13. The summed E-state index contributed by atoms with van der Waals surface area (Å²) in [5, 5.41) is 5.72. The minimum absolute atomic E-state index is 0.0493. The molecule has 1 saturated heterocycles. The Balaban J connectivity index is 1.37. The van der Waals surface area contributed by atoms with Crippen LogP contribution >= 0.6 is 11.3 Å². The molecular weight excluding hydrogens is 358 g/mol. The summed E-state index contributed by atoms with van der Waals surface area (Å²) in [7, 11) is 1.77. The minimum Gasteiger partial charge on any atom is -0.348 e. The first-order chi connectivity index (χ1) is 13.2. The highest BCUT2D eigenvalue weighted by molar-refractivity contribution is 7.22. The predicted molar refractivity (Wildman–Crippen MR) is 109 cm³/mol. The summed E-state index contributed by atoms with van der Waals surface area (Å²) in [4.78, 5) is 19.8. The molecule has 3 aromatic rings. The summed E-state index contributed by atoms with van der Waals surface area (Å²) in [5.41, 5.74) is 2.54. The van der Waals surface area contributed by atoms with Gasteiger partial charge in [-0.25, -0.2) is 14.5 Å². The fourth-order valence-corrected chi connectivity index (χ4v) is 5.26. The molecule has 0 bridgehead atoms. The van der Waals surface area contributed by atoms with Gasteiger partial charge in [0.05, 0.1) is 10.2 Å². The molecule has 1 aromatic carbocycles. The summed E-state index contributed by atoms with van der Waals surface area (Å²) in [6, 6.07) is 6.87. The lowest BCUT2D eigenvalue weighted by Gasteiger charge is -2.31. The van der Waals surface area contributed by atoms with Crippen LogP contribution in [0.4, 0.5) is 5.13 Å². The van der Waals surface area contributed by atoms with E-state index in [9.17, 15) is 4.79 Å². The Kier molecular flexibility index (Phi) is 4.07. The summed E-state index contributed by atoms with van der Waals surface area (Å²) < 4.78 is 4.75. The first kappa shape index (κ1) is 17.0. The molecule has 2 aliphatic rings. The molecule has 0 N–H and O–H groups in total. The van der Waals surface area contributed by atoms with Crippen molar-refractivity contribution in [1.29, 1.82) is 0 Å². The van der Waals surface area contributed by atoms with Crippen LogP contribution in [0.1, 0.15) is 56.0 Å². The van der Waals surface area contributed by atoms with Crippen LogP contribution in [0.5, 0.6) is 0 Å². The monoisotopic (exact) mass is 383 g/mol. The quantitative estimate of drug-likeness (QED) is 0.692. The van der Waals surface area contributed by atoms with Crippen molar-refractivity contribution in [1.82, 2.24) is 19.3 Å². The number of hydrogen-bond donors (Lipinski definition) is 0. The molecular formula is C20H25N5OS. The number of anilines is 1. The van der Waals surface area contributed by atoms with Gasteiger partial charge in [-0.1, -0.05) is 30.4 Å². The van der Waals surface area contributed by atoms with Gasteiger partial charge in [-0.3, -0.25) is 4.57 Å². The second-order valence-corrected chi connectivity index (χ2v) is 8.75. The smallest absolute Gasteiger partial charge is 0.345 e. The van der Waals surface area contributed by atoms with Crippen molar-refractivity contribution in [2.24, 2.45) is 7.05 Å². The van der Waals surface area contributed by atoms with Crippen molar-refractivity contribution in [2.45, 2.75) is 51.0 Å². The molecule has 2 fully saturated rings. The van der Waals surface area contributed by atoms with Crippen molar-refractivity contribution in [3.8, 4) is 0 Å². The molecule has 5 rings (SSSR count). The summed E-state index contributed by atoms with van der Waals surface area (Å²) >= 11 is 1.79. The van der Waals surface area contributed by atoms with E-state index >= 15 is 0 Å². The van der Waals surface area contributed by atoms with Crippen LogP contribution in [-0.2, 0) is 13.5 Å². The van der Waals surface area contributed by atoms with Crippen molar-refractivity contribution in [2.75, 3.05) is 18.0 Å². The summed E-state index contributed by atoms with van der Waals surface area (Å²) in [5.74, 6) is 1.37. The highest BCUT2D eigenvalue weighted by Crippen LogP contribution is 2.39. The molecule has 27 heavy (non-hydrogen) atoms. The van der Waals surface area contributed by atoms with Crippen molar-refractivity contribution < 1.29 is 0 Å². The number of thiazole rings is 1. The number of hydrogen-bond acceptors (Lipinski definition) is 5. The molecule has 2 aromatic heterocycles. The van der Waals surface area contributed by atoms with Crippen LogP contribution in [-0.4, -0.2) is 32.4 Å². The number of para-hydroxylation sites is 1. The maximum atomic E-state index is 12.4. The van der Waals surface area contributed by atoms with Crippen molar-refractivity contribution >= 4 is 26.7 Å². The molecule has 1 aliphatic heterocycles. The second-order valence-electron chi connectivity index (χ2n) is 7.74. The number of aryl methyl sites for hydroxylation is 2. The van der Waals surface area contributed by atoms with Gasteiger partial charge in [0.25, 0.3) is 0 Å². The van der Waals surface area contributed by atoms with Gasteiger partial charge in [0, 0.05) is 32.1 Å². The van der Waals surface area contributed by atoms with E-state index in [1.54, 1.807) is 18.4 Å². The number of nitrogens with zero attached hydrogens (tertiary/aromatic N) is 5. The minimum atomic E-state index is 0.0493. The number of aromatic nitrogens is 4. The van der Waals surface area contributed by atoms with Gasteiger partial charge in [-0.05, 0) is 43.7 Å². The Morgan fingerprint density at radius 3 is 2.67 bits per heavy atom. The molecule has 0 unspecified atom stereocenters. The van der Waals surface area contributed by atoms with Crippen LogP contribution in [0.2, 0.25) is 0 Å². The van der Waals surface area contributed by atoms with Crippen LogP contribution in [0.3, 0.4) is 0 Å². The Bertz CT molecular complexity index is 1040. The lowest BCUT2D eigenvalue weighted by molar-refractivity contribution is 0.462. The van der Waals surface area contributed by atoms with Crippen LogP contribution in [0.25, 0.3) is 10.2 Å². The average molecular weight is 384 g/mol. The second kappa shape index (κ2) is 6.48. The molecule has 1 saturated carbocycles. The van der Waals surface area contributed by atoms with Gasteiger partial charge >= 0.3 is 5.69 Å². The van der Waals surface area contributed by atoms with E-state index in [1.807, 2.05) is 4.57 Å². The molecule has 0 spiro atoms. The maximum Gasteiger partial charge on any atom is 0.345 e. The standard InChI is InChI=1S/C20H25N5OS/c1-3-13-5-4-6-16-17(13)21-19(27-16)24-11-9-14(10-12-24)18-22-23(2)20(26)25(18)15-7-8-15/h4-6,14-15H,3,7-12H2,1-2H3. The third kappa shape index (κ3) is 2.88. The van der Waals surface area contributed by atoms with Crippen molar-refractivity contribution in [3.63, 3.8) is 0 Å². The topological polar surface area (TPSA) is 56.0 Å². The van der Waals surface area contributed by atoms with E-state index < -0.39 is 0 Å². The molecule has 6 nitrogen and oxygen atoms in total. The first-order valence-corrected chi connectivity index (χ1v) is 10.8. The van der Waals surface area contributed by atoms with E-state index in [0.717, 1.165) is 61.7 Å². The molecule has 1 aliphatic carbocycles. The predicted octanol–water partition coefficient (Wildman–Crippen LogP) is 3.47. The van der Waals surface area contributed by atoms with E-state index in [4.69, 9.17) is 4.98 Å². The van der Waals surface area contributed by atoms with Gasteiger partial charge in [0.1, 0.15) is 5.82 Å². The van der Waals surface area contributed by atoms with E-state index in [-0.39, 0.29) is 5.69 Å². The Labute approximate surface area is 162 Å². The fourth-order valence-electron chi connectivity index (χ4n) is 4.20. The van der Waals surface area contributed by atoms with Crippen LogP contribution in [0, 0.1) is 0 Å². The van der Waals surface area contributed by atoms with E-state index in [2.05, 4.69) is 35.1 Å². The lowest BCUT2D eigenvalue weighted by atomic mass is 9.96. The molecule has 3 heterocycles. The molecule has 142 valence electrons. The van der Waals surface area contributed by atoms with Gasteiger partial charge in [-0.15, -0.1) is 0 Å². The summed E-state index contributed by atoms with van der Waals surface area (Å²) in [6.07, 6.45) is 5.30. The zero-order valence-electron chi connectivity index (χ0n) is 15.9. The maximum absolute atomic E-state index is 12.4. The SMILES string of the molecule is CCc1cccc2sc(N3CCC(c4nn(C)c(=O)n4C4CC4)CC3)nc12. The highest BCUT2D eigenvalue weighted by atomic mass is 32.1. The van der Waals surface area contributed by atoms with Gasteiger partial charge in [0.15, 0.2) is 5.13 Å². The zero-order valence-corrected chi connectivity index (χ0v) is 16.7. The fraction of sp³-hybridized carbons (Fsp3) is 0.550. The lowest BCUT2D eigenvalue weighted by Crippen LogP contribution is -2.34. The van der Waals surface area contributed by atoms with E-state index in [1.165, 1.54) is 14.9 Å². The Morgan fingerprint density at radius 2 is 1.96 bits per heavy atom. The molecule has 0 atom stereocenters.